The van der Waals surface area contributed by atoms with E-state index in [0.29, 0.717) is 17.7 Å². The van der Waals surface area contributed by atoms with Crippen molar-refractivity contribution in [3.8, 4) is 5.69 Å². The van der Waals surface area contributed by atoms with E-state index in [2.05, 4.69) is 52.0 Å². The summed E-state index contributed by atoms with van der Waals surface area (Å²) in [5.41, 5.74) is 4.01. The number of aromatic nitrogens is 2. The Balaban J connectivity index is 2.51. The summed E-state index contributed by atoms with van der Waals surface area (Å²) in [7, 11) is 0. The van der Waals surface area contributed by atoms with Gasteiger partial charge in [-0.25, -0.2) is 9.48 Å². The predicted octanol–water partition coefficient (Wildman–Crippen LogP) is 5.89. The fourth-order valence-electron chi connectivity index (χ4n) is 3.22. The third-order valence-electron chi connectivity index (χ3n) is 4.68. The minimum atomic E-state index is -0.897. The lowest BCUT2D eigenvalue weighted by atomic mass is 9.87. The normalized spacial score (nSPS) is 12.3. The zero-order valence-electron chi connectivity index (χ0n) is 17.4. The summed E-state index contributed by atoms with van der Waals surface area (Å²) < 4.78 is 1.82. The lowest BCUT2D eigenvalue weighted by Gasteiger charge is -2.19. The monoisotopic (exact) mass is 368 g/mol. The van der Waals surface area contributed by atoms with Crippen molar-refractivity contribution in [1.29, 1.82) is 0 Å². The smallest absolute Gasteiger partial charge is 0.339 e. The maximum Gasteiger partial charge on any atom is 0.339 e. The molecule has 0 saturated heterocycles. The summed E-state index contributed by atoms with van der Waals surface area (Å²) in [6, 6.07) is 8.27. The Morgan fingerprint density at radius 3 is 2.30 bits per heavy atom. The fraction of sp³-hybridized carbons (Fsp3) is 0.478. The molecule has 0 atom stereocenters. The predicted molar refractivity (Wildman–Crippen MR) is 111 cm³/mol. The average Bonchev–Trinajstić information content (AvgIpc) is 2.98. The van der Waals surface area contributed by atoms with E-state index in [9.17, 15) is 9.90 Å². The number of aromatic carboxylic acids is 1. The zero-order valence-corrected chi connectivity index (χ0v) is 17.4. The van der Waals surface area contributed by atoms with Crippen LogP contribution in [0.25, 0.3) is 5.69 Å². The van der Waals surface area contributed by atoms with Crippen LogP contribution in [0.5, 0.6) is 0 Å². The first-order chi connectivity index (χ1) is 12.7. The van der Waals surface area contributed by atoms with Crippen molar-refractivity contribution < 1.29 is 9.90 Å². The van der Waals surface area contributed by atoms with Gasteiger partial charge >= 0.3 is 5.97 Å². The zero-order chi connectivity index (χ0) is 20.2. The van der Waals surface area contributed by atoms with E-state index in [-0.39, 0.29) is 11.3 Å². The summed E-state index contributed by atoms with van der Waals surface area (Å²) in [6.45, 7) is 12.7. The van der Waals surface area contributed by atoms with Crippen molar-refractivity contribution in [2.45, 2.75) is 72.1 Å². The molecule has 146 valence electrons. The Morgan fingerprint density at radius 1 is 1.19 bits per heavy atom. The molecule has 1 heterocycles. The van der Waals surface area contributed by atoms with Crippen LogP contribution in [0, 0.1) is 0 Å². The third kappa shape index (κ3) is 4.88. The first-order valence-electron chi connectivity index (χ1n) is 9.77. The van der Waals surface area contributed by atoms with Crippen LogP contribution in [-0.4, -0.2) is 20.9 Å². The minimum absolute atomic E-state index is 0.0610. The molecule has 0 amide bonds. The number of carbonyl (C=O) groups is 1. The van der Waals surface area contributed by atoms with Crippen LogP contribution in [0.3, 0.4) is 0 Å². The van der Waals surface area contributed by atoms with Crippen LogP contribution in [0.4, 0.5) is 0 Å². The number of benzene rings is 1. The highest BCUT2D eigenvalue weighted by atomic mass is 16.4. The molecule has 4 nitrogen and oxygen atoms in total. The summed E-state index contributed by atoms with van der Waals surface area (Å²) in [6.07, 6.45) is 6.61. The van der Waals surface area contributed by atoms with Gasteiger partial charge in [0.05, 0.1) is 17.1 Å². The Kier molecular flexibility index (Phi) is 6.63. The molecule has 0 fully saturated rings. The number of hydrogen-bond donors (Lipinski definition) is 1. The van der Waals surface area contributed by atoms with Crippen molar-refractivity contribution in [3.05, 3.63) is 58.9 Å². The van der Waals surface area contributed by atoms with Crippen LogP contribution in [0.1, 0.15) is 87.6 Å². The molecule has 4 heteroatoms. The molecule has 0 aliphatic rings. The van der Waals surface area contributed by atoms with Gasteiger partial charge in [0.1, 0.15) is 5.56 Å². The molecule has 0 radical (unpaired) electrons. The van der Waals surface area contributed by atoms with Crippen molar-refractivity contribution in [2.75, 3.05) is 0 Å². The van der Waals surface area contributed by atoms with Gasteiger partial charge in [-0.1, -0.05) is 65.8 Å². The van der Waals surface area contributed by atoms with E-state index in [1.54, 1.807) is 0 Å². The fourth-order valence-corrected chi connectivity index (χ4v) is 3.22. The number of aryl methyl sites for hydroxylation is 1. The van der Waals surface area contributed by atoms with Gasteiger partial charge in [0, 0.05) is 0 Å². The SMILES string of the molecule is CC/C=C\CCc1nn(-c2ccc(C(C)(C)C)cc2)c(C(C)C)c1C(=O)O. The minimum Gasteiger partial charge on any atom is -0.478 e. The van der Waals surface area contributed by atoms with E-state index >= 15 is 0 Å². The van der Waals surface area contributed by atoms with Crippen LogP contribution in [-0.2, 0) is 11.8 Å². The lowest BCUT2D eigenvalue weighted by molar-refractivity contribution is 0.0694. The second-order valence-electron chi connectivity index (χ2n) is 8.29. The lowest BCUT2D eigenvalue weighted by Crippen LogP contribution is -2.12. The number of hydrogen-bond acceptors (Lipinski definition) is 2. The van der Waals surface area contributed by atoms with Crippen LogP contribution in [0.2, 0.25) is 0 Å². The highest BCUT2D eigenvalue weighted by molar-refractivity contribution is 5.90. The molecular weight excluding hydrogens is 336 g/mol. The number of rotatable bonds is 7. The molecule has 0 spiro atoms. The molecule has 0 bridgehead atoms. The molecule has 0 unspecified atom stereocenters. The van der Waals surface area contributed by atoms with Gasteiger partial charge in [0.25, 0.3) is 0 Å². The first kappa shape index (κ1) is 20.9. The van der Waals surface area contributed by atoms with Crippen molar-refractivity contribution >= 4 is 5.97 Å². The number of carboxylic acid groups (broad SMARTS) is 1. The molecule has 2 rings (SSSR count). The summed E-state index contributed by atoms with van der Waals surface area (Å²) in [5, 5.41) is 14.6. The summed E-state index contributed by atoms with van der Waals surface area (Å²) in [4.78, 5) is 12.0. The van der Waals surface area contributed by atoms with E-state index in [1.807, 2.05) is 30.7 Å². The van der Waals surface area contributed by atoms with Gasteiger partial charge < -0.3 is 5.11 Å². The van der Waals surface area contributed by atoms with Crippen molar-refractivity contribution in [2.24, 2.45) is 0 Å². The molecule has 1 N–H and O–H groups in total. The Bertz CT molecular complexity index is 806. The average molecular weight is 369 g/mol. The number of nitrogens with zero attached hydrogens (tertiary/aromatic N) is 2. The molecule has 0 aliphatic heterocycles. The van der Waals surface area contributed by atoms with E-state index in [0.717, 1.165) is 24.2 Å². The van der Waals surface area contributed by atoms with Crippen LogP contribution in [0.15, 0.2) is 36.4 Å². The molecule has 1 aromatic heterocycles. The third-order valence-corrected chi connectivity index (χ3v) is 4.68. The highest BCUT2D eigenvalue weighted by Gasteiger charge is 2.25. The van der Waals surface area contributed by atoms with Gasteiger partial charge in [0.15, 0.2) is 0 Å². The van der Waals surface area contributed by atoms with Gasteiger partial charge in [0.2, 0.25) is 0 Å². The molecule has 1 aromatic carbocycles. The maximum absolute atomic E-state index is 12.0. The Morgan fingerprint density at radius 2 is 1.81 bits per heavy atom. The van der Waals surface area contributed by atoms with E-state index in [1.165, 1.54) is 5.56 Å². The van der Waals surface area contributed by atoms with Crippen LogP contribution < -0.4 is 0 Å². The topological polar surface area (TPSA) is 55.1 Å². The van der Waals surface area contributed by atoms with Crippen LogP contribution >= 0.6 is 0 Å². The Hall–Kier alpha value is -2.36. The first-order valence-corrected chi connectivity index (χ1v) is 9.77. The largest absolute Gasteiger partial charge is 0.478 e. The standard InChI is InChI=1S/C23H32N2O2/c1-7-8-9-10-11-19-20(22(26)27)21(16(2)3)25(24-19)18-14-12-17(13-15-18)23(4,5)6/h8-9,12-16H,7,10-11H2,1-6H3,(H,26,27)/b9-8-. The maximum atomic E-state index is 12.0. The van der Waals surface area contributed by atoms with Crippen molar-refractivity contribution in [1.82, 2.24) is 9.78 Å². The van der Waals surface area contributed by atoms with Gasteiger partial charge in [-0.2, -0.15) is 5.10 Å². The summed E-state index contributed by atoms with van der Waals surface area (Å²) in [5.74, 6) is -0.837. The molecule has 0 aliphatic carbocycles. The van der Waals surface area contributed by atoms with E-state index < -0.39 is 5.97 Å². The molecule has 27 heavy (non-hydrogen) atoms. The van der Waals surface area contributed by atoms with Crippen molar-refractivity contribution in [3.63, 3.8) is 0 Å². The molecular formula is C23H32N2O2. The van der Waals surface area contributed by atoms with Gasteiger partial charge in [-0.15, -0.1) is 0 Å². The Labute approximate surface area is 162 Å². The van der Waals surface area contributed by atoms with Gasteiger partial charge in [-0.05, 0) is 48.3 Å². The summed E-state index contributed by atoms with van der Waals surface area (Å²) >= 11 is 0. The number of carboxylic acids is 1. The molecule has 0 saturated carbocycles. The quantitative estimate of drug-likeness (QED) is 0.620. The second kappa shape index (κ2) is 8.55. The second-order valence-corrected chi connectivity index (χ2v) is 8.29. The highest BCUT2D eigenvalue weighted by Crippen LogP contribution is 2.29. The van der Waals surface area contributed by atoms with E-state index in [4.69, 9.17) is 5.10 Å². The number of allylic oxidation sites excluding steroid dienone is 2. The van der Waals surface area contributed by atoms with Gasteiger partial charge in [-0.3, -0.25) is 0 Å². The molecule has 2 aromatic rings.